The summed E-state index contributed by atoms with van der Waals surface area (Å²) in [5.74, 6) is 1.40. The van der Waals surface area contributed by atoms with Crippen molar-refractivity contribution in [3.8, 4) is 5.88 Å². The van der Waals surface area contributed by atoms with Crippen molar-refractivity contribution in [3.63, 3.8) is 0 Å². The number of aliphatic hydroxyl groups excluding tert-OH is 1. The van der Waals surface area contributed by atoms with E-state index in [0.29, 0.717) is 12.4 Å². The summed E-state index contributed by atoms with van der Waals surface area (Å²) >= 11 is 0. The van der Waals surface area contributed by atoms with Crippen LogP contribution in [0.15, 0.2) is 42.7 Å². The number of β-amino-alcohol motifs (C(OH)–C–C–N with tert-alkyl or cyclic N) is 1. The predicted molar refractivity (Wildman–Crippen MR) is 97.9 cm³/mol. The molecule has 0 radical (unpaired) electrons. The maximum Gasteiger partial charge on any atom is 0.257 e. The first-order valence-electron chi connectivity index (χ1n) is 8.81. The molecule has 1 fully saturated rings. The Morgan fingerprint density at radius 1 is 1.04 bits per heavy atom. The molecule has 1 aliphatic rings. The Morgan fingerprint density at radius 2 is 1.72 bits per heavy atom. The fourth-order valence-corrected chi connectivity index (χ4v) is 3.01. The molecule has 1 atom stereocenters. The zero-order chi connectivity index (χ0) is 17.6. The highest BCUT2D eigenvalue weighted by Gasteiger charge is 2.23. The highest BCUT2D eigenvalue weighted by Crippen LogP contribution is 2.25. The standard InChI is InChI=1S/C19H26N4O2/c1-15(2)25-19-18(20-8-9-21-19)23-12-10-22(11-13-23)14-17(24)16-6-4-3-5-7-16/h3-9,15,17,24H,10-14H2,1-2H3. The number of nitrogens with zero attached hydrogens (tertiary/aromatic N) is 4. The van der Waals surface area contributed by atoms with Gasteiger partial charge in [0.1, 0.15) is 0 Å². The van der Waals surface area contributed by atoms with E-state index in [1.807, 2.05) is 44.2 Å². The number of piperazine rings is 1. The molecule has 134 valence electrons. The van der Waals surface area contributed by atoms with Gasteiger partial charge >= 0.3 is 0 Å². The molecule has 6 nitrogen and oxygen atoms in total. The molecule has 1 aliphatic heterocycles. The Kier molecular flexibility index (Phi) is 5.83. The van der Waals surface area contributed by atoms with Gasteiger partial charge in [-0.25, -0.2) is 9.97 Å². The van der Waals surface area contributed by atoms with Gasteiger partial charge in [-0.2, -0.15) is 0 Å². The summed E-state index contributed by atoms with van der Waals surface area (Å²) in [4.78, 5) is 13.3. The second-order valence-electron chi connectivity index (χ2n) is 6.57. The molecule has 6 heteroatoms. The van der Waals surface area contributed by atoms with Crippen LogP contribution in [0, 0.1) is 0 Å². The summed E-state index contributed by atoms with van der Waals surface area (Å²) < 4.78 is 5.78. The third-order valence-electron chi connectivity index (χ3n) is 4.28. The fourth-order valence-electron chi connectivity index (χ4n) is 3.01. The molecule has 0 aliphatic carbocycles. The molecule has 1 aromatic heterocycles. The van der Waals surface area contributed by atoms with Gasteiger partial charge in [-0.3, -0.25) is 4.90 Å². The average Bonchev–Trinajstić information content (AvgIpc) is 2.63. The number of anilines is 1. The van der Waals surface area contributed by atoms with Gasteiger partial charge < -0.3 is 14.7 Å². The molecule has 2 heterocycles. The van der Waals surface area contributed by atoms with Crippen molar-refractivity contribution >= 4 is 5.82 Å². The summed E-state index contributed by atoms with van der Waals surface area (Å²) in [5, 5.41) is 10.4. The van der Waals surface area contributed by atoms with Crippen LogP contribution in [0.2, 0.25) is 0 Å². The molecular weight excluding hydrogens is 316 g/mol. The molecule has 0 bridgehead atoms. The Balaban J connectivity index is 1.57. The van der Waals surface area contributed by atoms with E-state index in [0.717, 1.165) is 37.6 Å². The van der Waals surface area contributed by atoms with Crippen LogP contribution < -0.4 is 9.64 Å². The van der Waals surface area contributed by atoms with Crippen molar-refractivity contribution in [3.05, 3.63) is 48.3 Å². The van der Waals surface area contributed by atoms with Gasteiger partial charge in [-0.15, -0.1) is 0 Å². The number of benzene rings is 1. The molecule has 0 amide bonds. The Hall–Kier alpha value is -2.18. The largest absolute Gasteiger partial charge is 0.472 e. The third-order valence-corrected chi connectivity index (χ3v) is 4.28. The SMILES string of the molecule is CC(C)Oc1nccnc1N1CCN(CC(O)c2ccccc2)CC1. The summed E-state index contributed by atoms with van der Waals surface area (Å²) in [5.41, 5.74) is 0.964. The van der Waals surface area contributed by atoms with Crippen molar-refractivity contribution in [2.45, 2.75) is 26.1 Å². The van der Waals surface area contributed by atoms with Crippen molar-refractivity contribution in [2.24, 2.45) is 0 Å². The monoisotopic (exact) mass is 342 g/mol. The van der Waals surface area contributed by atoms with Gasteiger partial charge in [-0.05, 0) is 19.4 Å². The lowest BCUT2D eigenvalue weighted by Gasteiger charge is -2.36. The van der Waals surface area contributed by atoms with Crippen LogP contribution in [0.25, 0.3) is 0 Å². The lowest BCUT2D eigenvalue weighted by molar-refractivity contribution is 0.109. The molecular formula is C19H26N4O2. The van der Waals surface area contributed by atoms with E-state index in [2.05, 4.69) is 19.8 Å². The van der Waals surface area contributed by atoms with E-state index in [9.17, 15) is 5.11 Å². The second-order valence-corrected chi connectivity index (χ2v) is 6.57. The van der Waals surface area contributed by atoms with Gasteiger partial charge in [0, 0.05) is 45.1 Å². The maximum absolute atomic E-state index is 10.4. The first kappa shape index (κ1) is 17.6. The predicted octanol–water partition coefficient (Wildman–Crippen LogP) is 2.12. The molecule has 25 heavy (non-hydrogen) atoms. The van der Waals surface area contributed by atoms with E-state index in [-0.39, 0.29) is 6.10 Å². The number of rotatable bonds is 6. The van der Waals surface area contributed by atoms with E-state index in [1.54, 1.807) is 12.4 Å². The van der Waals surface area contributed by atoms with Crippen LogP contribution in [0.1, 0.15) is 25.5 Å². The highest BCUT2D eigenvalue weighted by molar-refractivity contribution is 5.48. The fraction of sp³-hybridized carbons (Fsp3) is 0.474. The molecule has 1 saturated heterocycles. The van der Waals surface area contributed by atoms with Crippen LogP contribution in [-0.2, 0) is 0 Å². The minimum absolute atomic E-state index is 0.0674. The van der Waals surface area contributed by atoms with Gasteiger partial charge in [-0.1, -0.05) is 30.3 Å². The molecule has 1 aromatic carbocycles. The lowest BCUT2D eigenvalue weighted by Crippen LogP contribution is -2.48. The zero-order valence-electron chi connectivity index (χ0n) is 14.9. The van der Waals surface area contributed by atoms with Gasteiger partial charge in [0.2, 0.25) is 0 Å². The number of hydrogen-bond donors (Lipinski definition) is 1. The smallest absolute Gasteiger partial charge is 0.257 e. The maximum atomic E-state index is 10.4. The first-order valence-corrected chi connectivity index (χ1v) is 8.81. The average molecular weight is 342 g/mol. The van der Waals surface area contributed by atoms with E-state index in [4.69, 9.17) is 4.74 Å². The van der Waals surface area contributed by atoms with Crippen molar-refractivity contribution < 1.29 is 9.84 Å². The Morgan fingerprint density at radius 3 is 2.40 bits per heavy atom. The summed E-state index contributed by atoms with van der Waals surface area (Å²) in [7, 11) is 0. The third kappa shape index (κ3) is 4.67. The summed E-state index contributed by atoms with van der Waals surface area (Å²) in [6, 6.07) is 9.82. The minimum atomic E-state index is -0.455. The first-order chi connectivity index (χ1) is 12.1. The van der Waals surface area contributed by atoms with Crippen LogP contribution in [-0.4, -0.2) is 58.8 Å². The van der Waals surface area contributed by atoms with Gasteiger partial charge in [0.15, 0.2) is 5.82 Å². The zero-order valence-corrected chi connectivity index (χ0v) is 14.9. The molecule has 3 rings (SSSR count). The number of ether oxygens (including phenoxy) is 1. The van der Waals surface area contributed by atoms with Crippen molar-refractivity contribution in [1.82, 2.24) is 14.9 Å². The van der Waals surface area contributed by atoms with Crippen LogP contribution in [0.4, 0.5) is 5.82 Å². The van der Waals surface area contributed by atoms with Gasteiger partial charge in [0.25, 0.3) is 5.88 Å². The molecule has 1 N–H and O–H groups in total. The Labute approximate surface area is 149 Å². The van der Waals surface area contributed by atoms with Crippen molar-refractivity contribution in [2.75, 3.05) is 37.6 Å². The molecule has 0 spiro atoms. The van der Waals surface area contributed by atoms with E-state index >= 15 is 0 Å². The number of hydrogen-bond acceptors (Lipinski definition) is 6. The summed E-state index contributed by atoms with van der Waals surface area (Å²) in [6.45, 7) is 8.06. The quantitative estimate of drug-likeness (QED) is 0.868. The molecule has 1 unspecified atom stereocenters. The highest BCUT2D eigenvalue weighted by atomic mass is 16.5. The Bertz CT molecular complexity index is 657. The second kappa shape index (κ2) is 8.27. The van der Waals surface area contributed by atoms with E-state index < -0.39 is 6.10 Å². The molecule has 2 aromatic rings. The van der Waals surface area contributed by atoms with Crippen molar-refractivity contribution in [1.29, 1.82) is 0 Å². The normalized spacial score (nSPS) is 16.9. The number of aromatic nitrogens is 2. The van der Waals surface area contributed by atoms with Crippen LogP contribution in [0.5, 0.6) is 5.88 Å². The minimum Gasteiger partial charge on any atom is -0.472 e. The van der Waals surface area contributed by atoms with E-state index in [1.165, 1.54) is 0 Å². The topological polar surface area (TPSA) is 61.7 Å². The summed E-state index contributed by atoms with van der Waals surface area (Å²) in [6.07, 6.45) is 2.98. The lowest BCUT2D eigenvalue weighted by atomic mass is 10.1. The number of aliphatic hydroxyl groups is 1. The van der Waals surface area contributed by atoms with Crippen LogP contribution >= 0.6 is 0 Å². The van der Waals surface area contributed by atoms with Crippen LogP contribution in [0.3, 0.4) is 0 Å². The van der Waals surface area contributed by atoms with Gasteiger partial charge in [0.05, 0.1) is 12.2 Å². The molecule has 0 saturated carbocycles.